The first-order valence-corrected chi connectivity index (χ1v) is 10.0. The van der Waals surface area contributed by atoms with Crippen LogP contribution in [0.3, 0.4) is 0 Å². The van der Waals surface area contributed by atoms with Crippen LogP contribution in [-0.2, 0) is 13.1 Å². The smallest absolute Gasteiger partial charge is 0.191 e. The van der Waals surface area contributed by atoms with E-state index in [0.717, 1.165) is 47.7 Å². The molecule has 1 aromatic carbocycles. The number of hydrogen-bond donors (Lipinski definition) is 2. The van der Waals surface area contributed by atoms with Crippen molar-refractivity contribution >= 4 is 35.8 Å². The minimum Gasteiger partial charge on any atom is -0.493 e. The molecule has 1 saturated carbocycles. The number of halogens is 1. The highest BCUT2D eigenvalue weighted by Gasteiger charge is 2.22. The number of nitrogens with zero attached hydrogens (tertiary/aromatic N) is 3. The van der Waals surface area contributed by atoms with Gasteiger partial charge in [0.2, 0.25) is 0 Å². The average Bonchev–Trinajstić information content (AvgIpc) is 3.54. The molecule has 7 heteroatoms. The van der Waals surface area contributed by atoms with E-state index in [2.05, 4.69) is 34.7 Å². The summed E-state index contributed by atoms with van der Waals surface area (Å²) in [7, 11) is 4.01. The van der Waals surface area contributed by atoms with Crippen molar-refractivity contribution in [3.8, 4) is 5.75 Å². The minimum absolute atomic E-state index is 0. The summed E-state index contributed by atoms with van der Waals surface area (Å²) in [5.74, 6) is 3.43. The van der Waals surface area contributed by atoms with Crippen molar-refractivity contribution in [3.63, 3.8) is 0 Å². The summed E-state index contributed by atoms with van der Waals surface area (Å²) in [5, 5.41) is 6.73. The number of nitrogens with one attached hydrogen (secondary N) is 2. The highest BCUT2D eigenvalue weighted by Crippen LogP contribution is 2.30. The van der Waals surface area contributed by atoms with Crippen molar-refractivity contribution in [2.45, 2.75) is 32.9 Å². The molecule has 2 N–H and O–H groups in total. The van der Waals surface area contributed by atoms with Crippen molar-refractivity contribution < 1.29 is 4.74 Å². The summed E-state index contributed by atoms with van der Waals surface area (Å²) in [6.45, 7) is 4.92. The largest absolute Gasteiger partial charge is 0.493 e. The number of ether oxygens (including phenoxy) is 1. The number of guanidine groups is 1. The molecule has 3 rings (SSSR count). The van der Waals surface area contributed by atoms with E-state index in [1.165, 1.54) is 12.8 Å². The van der Waals surface area contributed by atoms with Gasteiger partial charge in [-0.3, -0.25) is 0 Å². The second kappa shape index (κ2) is 11.8. The predicted molar refractivity (Wildman–Crippen MR) is 130 cm³/mol. The Labute approximate surface area is 191 Å². The maximum atomic E-state index is 6.00. The van der Waals surface area contributed by atoms with Gasteiger partial charge in [0, 0.05) is 44.5 Å². The Morgan fingerprint density at radius 2 is 1.90 bits per heavy atom. The quantitative estimate of drug-likeness (QED) is 0.306. The summed E-state index contributed by atoms with van der Waals surface area (Å²) < 4.78 is 6.00. The normalized spacial score (nSPS) is 13.4. The number of rotatable bonds is 9. The number of pyridine rings is 1. The molecular weight excluding hydrogens is 477 g/mol. The summed E-state index contributed by atoms with van der Waals surface area (Å²) in [6.07, 6.45) is 4.40. The SMILES string of the molecule is CCNC(=NCc1ccccc1OCC1CC1)NCc1cccnc1N(C)C.I. The van der Waals surface area contributed by atoms with Crippen molar-refractivity contribution in [2.75, 3.05) is 32.1 Å². The molecule has 1 heterocycles. The molecule has 0 amide bonds. The van der Waals surface area contributed by atoms with Gasteiger partial charge in [-0.1, -0.05) is 24.3 Å². The Balaban J connectivity index is 0.00000300. The van der Waals surface area contributed by atoms with Gasteiger partial charge in [0.25, 0.3) is 0 Å². The third-order valence-corrected chi connectivity index (χ3v) is 4.63. The molecule has 2 aromatic rings. The molecule has 0 spiro atoms. The topological polar surface area (TPSA) is 61.8 Å². The van der Waals surface area contributed by atoms with Crippen molar-refractivity contribution in [1.82, 2.24) is 15.6 Å². The molecule has 0 bridgehead atoms. The van der Waals surface area contributed by atoms with Gasteiger partial charge in [0.15, 0.2) is 5.96 Å². The van der Waals surface area contributed by atoms with E-state index in [1.54, 1.807) is 0 Å². The standard InChI is InChI=1S/C22H31N5O.HI/c1-4-23-22(26-15-19-9-7-13-24-21(19)27(2)3)25-14-18-8-5-6-10-20(18)28-16-17-11-12-17;/h5-10,13,17H,4,11-12,14-16H2,1-3H3,(H2,23,25,26);1H. The van der Waals surface area contributed by atoms with Crippen LogP contribution in [0.5, 0.6) is 5.75 Å². The van der Waals surface area contributed by atoms with Gasteiger partial charge in [-0.15, -0.1) is 24.0 Å². The first-order chi connectivity index (χ1) is 13.7. The van der Waals surface area contributed by atoms with Gasteiger partial charge < -0.3 is 20.3 Å². The van der Waals surface area contributed by atoms with Gasteiger partial charge in [-0.2, -0.15) is 0 Å². The minimum atomic E-state index is 0. The number of hydrogen-bond acceptors (Lipinski definition) is 4. The second-order valence-electron chi connectivity index (χ2n) is 7.29. The molecule has 0 saturated heterocycles. The zero-order valence-electron chi connectivity index (χ0n) is 17.5. The van der Waals surface area contributed by atoms with E-state index in [1.807, 2.05) is 49.5 Å². The lowest BCUT2D eigenvalue weighted by Gasteiger charge is -2.17. The highest BCUT2D eigenvalue weighted by atomic mass is 127. The van der Waals surface area contributed by atoms with Gasteiger partial charge >= 0.3 is 0 Å². The zero-order chi connectivity index (χ0) is 19.8. The lowest BCUT2D eigenvalue weighted by atomic mass is 10.2. The summed E-state index contributed by atoms with van der Waals surface area (Å²) in [5.41, 5.74) is 2.24. The van der Waals surface area contributed by atoms with Crippen LogP contribution < -0.4 is 20.3 Å². The Hall–Kier alpha value is -2.03. The highest BCUT2D eigenvalue weighted by molar-refractivity contribution is 14.0. The maximum absolute atomic E-state index is 6.00. The third-order valence-electron chi connectivity index (χ3n) is 4.63. The Kier molecular flexibility index (Phi) is 9.50. The molecule has 1 aliphatic rings. The van der Waals surface area contributed by atoms with Crippen LogP contribution in [0.2, 0.25) is 0 Å². The molecule has 0 aliphatic heterocycles. The fraction of sp³-hybridized carbons (Fsp3) is 0.455. The molecular formula is C22H32IN5O. The van der Waals surface area contributed by atoms with E-state index in [0.29, 0.717) is 13.1 Å². The third kappa shape index (κ3) is 7.38. The van der Waals surface area contributed by atoms with E-state index in [4.69, 9.17) is 9.73 Å². The Morgan fingerprint density at radius 3 is 2.62 bits per heavy atom. The van der Waals surface area contributed by atoms with Gasteiger partial charge in [-0.05, 0) is 37.8 Å². The van der Waals surface area contributed by atoms with Crippen molar-refractivity contribution in [2.24, 2.45) is 10.9 Å². The van der Waals surface area contributed by atoms with Gasteiger partial charge in [-0.25, -0.2) is 9.98 Å². The molecule has 158 valence electrons. The summed E-state index contributed by atoms with van der Waals surface area (Å²) in [4.78, 5) is 11.2. The second-order valence-corrected chi connectivity index (χ2v) is 7.29. The Morgan fingerprint density at radius 1 is 1.14 bits per heavy atom. The Bertz CT molecular complexity index is 792. The molecule has 29 heavy (non-hydrogen) atoms. The predicted octanol–water partition coefficient (Wildman–Crippen LogP) is 3.81. The van der Waals surface area contributed by atoms with Crippen LogP contribution in [0.4, 0.5) is 5.82 Å². The van der Waals surface area contributed by atoms with E-state index in [9.17, 15) is 0 Å². The molecule has 1 fully saturated rings. The lowest BCUT2D eigenvalue weighted by molar-refractivity contribution is 0.297. The van der Waals surface area contributed by atoms with Crippen LogP contribution in [-0.4, -0.2) is 38.2 Å². The average molecular weight is 509 g/mol. The zero-order valence-corrected chi connectivity index (χ0v) is 19.8. The van der Waals surface area contributed by atoms with E-state index in [-0.39, 0.29) is 24.0 Å². The molecule has 6 nitrogen and oxygen atoms in total. The van der Waals surface area contributed by atoms with Crippen LogP contribution in [0.1, 0.15) is 30.9 Å². The van der Waals surface area contributed by atoms with Crippen molar-refractivity contribution in [1.29, 1.82) is 0 Å². The summed E-state index contributed by atoms with van der Waals surface area (Å²) >= 11 is 0. The number of anilines is 1. The maximum Gasteiger partial charge on any atom is 0.191 e. The molecule has 0 radical (unpaired) electrons. The molecule has 1 aromatic heterocycles. The van der Waals surface area contributed by atoms with Gasteiger partial charge in [0.1, 0.15) is 11.6 Å². The van der Waals surface area contributed by atoms with E-state index >= 15 is 0 Å². The van der Waals surface area contributed by atoms with Crippen LogP contribution in [0.25, 0.3) is 0 Å². The van der Waals surface area contributed by atoms with E-state index < -0.39 is 0 Å². The molecule has 0 unspecified atom stereocenters. The fourth-order valence-electron chi connectivity index (χ4n) is 2.92. The summed E-state index contributed by atoms with van der Waals surface area (Å²) in [6, 6.07) is 12.2. The number of para-hydroxylation sites is 1. The van der Waals surface area contributed by atoms with Crippen LogP contribution in [0, 0.1) is 5.92 Å². The lowest BCUT2D eigenvalue weighted by Crippen LogP contribution is -2.37. The number of aliphatic imine (C=N–C) groups is 1. The number of benzene rings is 1. The van der Waals surface area contributed by atoms with Gasteiger partial charge in [0.05, 0.1) is 13.2 Å². The first-order valence-electron chi connectivity index (χ1n) is 10.0. The molecule has 1 aliphatic carbocycles. The van der Waals surface area contributed by atoms with Crippen LogP contribution >= 0.6 is 24.0 Å². The monoisotopic (exact) mass is 509 g/mol. The number of aromatic nitrogens is 1. The fourth-order valence-corrected chi connectivity index (χ4v) is 2.92. The first kappa shape index (κ1) is 23.3. The van der Waals surface area contributed by atoms with Crippen LogP contribution in [0.15, 0.2) is 47.6 Å². The molecule has 0 atom stereocenters. The van der Waals surface area contributed by atoms with Crippen molar-refractivity contribution in [3.05, 3.63) is 53.7 Å².